The van der Waals surface area contributed by atoms with Crippen LogP contribution in [0.2, 0.25) is 0 Å². The number of hydrogen-bond acceptors (Lipinski definition) is 4. The van der Waals surface area contributed by atoms with Gasteiger partial charge in [0.05, 0.1) is 29.6 Å². The van der Waals surface area contributed by atoms with Crippen LogP contribution >= 0.6 is 0 Å². The van der Waals surface area contributed by atoms with Gasteiger partial charge in [-0.2, -0.15) is 5.10 Å². The number of carboxylic acids is 1. The van der Waals surface area contributed by atoms with E-state index in [0.717, 1.165) is 5.69 Å². The van der Waals surface area contributed by atoms with Crippen LogP contribution in [0.5, 0.6) is 0 Å². The fourth-order valence-electron chi connectivity index (χ4n) is 2.65. The van der Waals surface area contributed by atoms with Gasteiger partial charge in [-0.1, -0.05) is 0 Å². The smallest absolute Gasteiger partial charge is 0.336 e. The number of nitrogens with zero attached hydrogens (tertiary/aromatic N) is 3. The highest BCUT2D eigenvalue weighted by molar-refractivity contribution is 6.04. The van der Waals surface area contributed by atoms with E-state index >= 15 is 0 Å². The number of aromatic nitrogens is 2. The molecule has 0 radical (unpaired) electrons. The number of methoxy groups -OCH3 is 1. The number of fused-ring (bicyclic) bond motifs is 1. The quantitative estimate of drug-likeness (QED) is 0.745. The Balaban J connectivity index is 2.15. The molecule has 0 amide bonds. The summed E-state index contributed by atoms with van der Waals surface area (Å²) in [6.45, 7) is 1.14. The molecular weight excluding hydrogens is 325 g/mol. The maximum Gasteiger partial charge on any atom is 0.336 e. The zero-order valence-electron chi connectivity index (χ0n) is 13.9. The molecule has 0 unspecified atom stereocenters. The van der Waals surface area contributed by atoms with Crippen LogP contribution in [0.25, 0.3) is 16.6 Å². The zero-order chi connectivity index (χ0) is 18.0. The molecule has 130 valence electrons. The van der Waals surface area contributed by atoms with Crippen molar-refractivity contribution in [2.75, 3.05) is 32.2 Å². The van der Waals surface area contributed by atoms with Gasteiger partial charge in [-0.15, -0.1) is 0 Å². The second-order valence-electron chi connectivity index (χ2n) is 5.68. The van der Waals surface area contributed by atoms with Crippen molar-refractivity contribution in [1.29, 1.82) is 0 Å². The van der Waals surface area contributed by atoms with Gasteiger partial charge in [0.1, 0.15) is 5.82 Å². The molecule has 7 heteroatoms. The van der Waals surface area contributed by atoms with Crippen LogP contribution in [0.3, 0.4) is 0 Å². The molecule has 0 bridgehead atoms. The van der Waals surface area contributed by atoms with E-state index in [9.17, 15) is 14.3 Å². The maximum atomic E-state index is 13.2. The van der Waals surface area contributed by atoms with Gasteiger partial charge in [-0.3, -0.25) is 0 Å². The number of anilines is 1. The summed E-state index contributed by atoms with van der Waals surface area (Å²) in [7, 11) is 3.48. The fourth-order valence-corrected chi connectivity index (χ4v) is 2.65. The van der Waals surface area contributed by atoms with Crippen LogP contribution in [-0.2, 0) is 4.74 Å². The van der Waals surface area contributed by atoms with Gasteiger partial charge in [0.2, 0.25) is 0 Å². The first kappa shape index (κ1) is 16.9. The summed E-state index contributed by atoms with van der Waals surface area (Å²) in [4.78, 5) is 13.6. The van der Waals surface area contributed by atoms with Gasteiger partial charge >= 0.3 is 5.97 Å². The van der Waals surface area contributed by atoms with Crippen LogP contribution in [0, 0.1) is 5.82 Å². The third-order valence-electron chi connectivity index (χ3n) is 4.05. The Bertz CT molecular complexity index is 906. The molecule has 25 heavy (non-hydrogen) atoms. The number of carbonyl (C=O) groups is 1. The van der Waals surface area contributed by atoms with E-state index in [1.165, 1.54) is 18.3 Å². The molecule has 0 aliphatic heterocycles. The number of hydrogen-bond donors (Lipinski definition) is 1. The minimum Gasteiger partial charge on any atom is -0.478 e. The summed E-state index contributed by atoms with van der Waals surface area (Å²) < 4.78 is 19.9. The van der Waals surface area contributed by atoms with Crippen molar-refractivity contribution in [3.05, 3.63) is 54.0 Å². The number of likely N-dealkylation sites (N-methyl/N-ethyl adjacent to an activating group) is 1. The molecule has 6 nitrogen and oxygen atoms in total. The Hall–Kier alpha value is -2.93. The summed E-state index contributed by atoms with van der Waals surface area (Å²) in [6, 6.07) is 9.38. The van der Waals surface area contributed by atoms with Crippen LogP contribution in [-0.4, -0.2) is 48.2 Å². The van der Waals surface area contributed by atoms with E-state index in [4.69, 9.17) is 4.74 Å². The second kappa shape index (κ2) is 6.90. The molecule has 2 aromatic carbocycles. The van der Waals surface area contributed by atoms with E-state index in [1.807, 2.05) is 18.0 Å². The predicted molar refractivity (Wildman–Crippen MR) is 93.1 cm³/mol. The fraction of sp³-hybridized carbons (Fsp3) is 0.222. The highest BCUT2D eigenvalue weighted by Crippen LogP contribution is 2.28. The molecule has 0 aliphatic carbocycles. The summed E-state index contributed by atoms with van der Waals surface area (Å²) in [5.74, 6) is -1.36. The number of benzene rings is 2. The molecule has 0 aliphatic rings. The van der Waals surface area contributed by atoms with Crippen LogP contribution < -0.4 is 4.90 Å². The molecule has 0 saturated heterocycles. The van der Waals surface area contributed by atoms with E-state index in [-0.39, 0.29) is 11.4 Å². The van der Waals surface area contributed by atoms with E-state index in [0.29, 0.717) is 29.7 Å². The predicted octanol–water partition coefficient (Wildman–Crippen LogP) is 2.95. The number of aromatic carboxylic acids is 1. The van der Waals surface area contributed by atoms with Crippen molar-refractivity contribution in [3.63, 3.8) is 0 Å². The number of ether oxygens (including phenoxy) is 1. The third-order valence-corrected chi connectivity index (χ3v) is 4.05. The largest absolute Gasteiger partial charge is 0.478 e. The van der Waals surface area contributed by atoms with Gasteiger partial charge in [-0.25, -0.2) is 13.9 Å². The zero-order valence-corrected chi connectivity index (χ0v) is 13.9. The average molecular weight is 343 g/mol. The van der Waals surface area contributed by atoms with Gasteiger partial charge in [-0.05, 0) is 36.4 Å². The first-order valence-electron chi connectivity index (χ1n) is 7.72. The molecular formula is C18H18FN3O3. The van der Waals surface area contributed by atoms with E-state index in [1.54, 1.807) is 30.0 Å². The molecule has 0 fully saturated rings. The molecule has 3 rings (SSSR count). The average Bonchev–Trinajstić information content (AvgIpc) is 3.03. The lowest BCUT2D eigenvalue weighted by Gasteiger charge is -2.20. The van der Waals surface area contributed by atoms with Gasteiger partial charge < -0.3 is 14.7 Å². The normalized spacial score (nSPS) is 11.0. The molecule has 0 spiro atoms. The summed E-state index contributed by atoms with van der Waals surface area (Å²) in [5, 5.41) is 14.4. The standard InChI is InChI=1S/C18H18FN3O3/c1-21(7-8-25-2)14-9-15(18(23)24)16-11-20-22(17(16)10-14)13-5-3-12(19)4-6-13/h3-6,9-11H,7-8H2,1-2H3,(H,23,24). The number of halogens is 1. The SMILES string of the molecule is COCCN(C)c1cc(C(=O)O)c2cnn(-c3ccc(F)cc3)c2c1. The third kappa shape index (κ3) is 3.32. The first-order valence-corrected chi connectivity index (χ1v) is 7.72. The van der Waals surface area contributed by atoms with Crippen molar-refractivity contribution in [2.24, 2.45) is 0 Å². The summed E-state index contributed by atoms with van der Waals surface area (Å²) >= 11 is 0. The lowest BCUT2D eigenvalue weighted by molar-refractivity contribution is 0.0699. The van der Waals surface area contributed by atoms with Crippen molar-refractivity contribution in [3.8, 4) is 5.69 Å². The van der Waals surface area contributed by atoms with Crippen molar-refractivity contribution in [1.82, 2.24) is 9.78 Å². The second-order valence-corrected chi connectivity index (χ2v) is 5.68. The Morgan fingerprint density at radius 3 is 2.68 bits per heavy atom. The number of rotatable bonds is 6. The molecule has 1 aromatic heterocycles. The van der Waals surface area contributed by atoms with Crippen LogP contribution in [0.1, 0.15) is 10.4 Å². The Morgan fingerprint density at radius 2 is 2.04 bits per heavy atom. The lowest BCUT2D eigenvalue weighted by Crippen LogP contribution is -2.22. The minimum absolute atomic E-state index is 0.171. The lowest BCUT2D eigenvalue weighted by atomic mass is 10.1. The monoisotopic (exact) mass is 343 g/mol. The molecule has 0 atom stereocenters. The Kier molecular flexibility index (Phi) is 4.67. The summed E-state index contributed by atoms with van der Waals surface area (Å²) in [6.07, 6.45) is 1.51. The van der Waals surface area contributed by atoms with Gasteiger partial charge in [0.25, 0.3) is 0 Å². The molecule has 1 N–H and O–H groups in total. The van der Waals surface area contributed by atoms with Crippen molar-refractivity contribution >= 4 is 22.6 Å². The van der Waals surface area contributed by atoms with Crippen LogP contribution in [0.4, 0.5) is 10.1 Å². The van der Waals surface area contributed by atoms with Gasteiger partial charge in [0.15, 0.2) is 0 Å². The highest BCUT2D eigenvalue weighted by Gasteiger charge is 2.17. The first-order chi connectivity index (χ1) is 12.0. The van der Waals surface area contributed by atoms with Crippen molar-refractivity contribution < 1.29 is 19.0 Å². The van der Waals surface area contributed by atoms with Gasteiger partial charge in [0, 0.05) is 31.8 Å². The number of carboxylic acid groups (broad SMARTS) is 1. The molecule has 0 saturated carbocycles. The molecule has 1 heterocycles. The van der Waals surface area contributed by atoms with Crippen LogP contribution in [0.15, 0.2) is 42.6 Å². The topological polar surface area (TPSA) is 67.6 Å². The maximum absolute atomic E-state index is 13.2. The highest BCUT2D eigenvalue weighted by atomic mass is 19.1. The minimum atomic E-state index is -1.02. The Morgan fingerprint density at radius 1 is 1.32 bits per heavy atom. The summed E-state index contributed by atoms with van der Waals surface area (Å²) in [5.41, 5.74) is 2.21. The molecule has 3 aromatic rings. The van der Waals surface area contributed by atoms with E-state index < -0.39 is 5.97 Å². The van der Waals surface area contributed by atoms with Crippen molar-refractivity contribution in [2.45, 2.75) is 0 Å². The Labute approximate surface area is 144 Å². The van der Waals surface area contributed by atoms with E-state index in [2.05, 4.69) is 5.10 Å².